The summed E-state index contributed by atoms with van der Waals surface area (Å²) in [6.07, 6.45) is 1.75. The largest absolute Gasteiger partial charge is 0.397 e. The van der Waals surface area contributed by atoms with Gasteiger partial charge in [0.25, 0.3) is 0 Å². The fourth-order valence-corrected chi connectivity index (χ4v) is 2.45. The molecule has 0 radical (unpaired) electrons. The lowest BCUT2D eigenvalue weighted by Crippen LogP contribution is -2.48. The molecule has 0 amide bonds. The van der Waals surface area contributed by atoms with E-state index in [-0.39, 0.29) is 0 Å². The Labute approximate surface area is 116 Å². The Hall–Kier alpha value is -1.33. The first kappa shape index (κ1) is 14.1. The summed E-state index contributed by atoms with van der Waals surface area (Å²) in [7, 11) is 4.25. The number of hydrogen-bond acceptors (Lipinski definition) is 5. The fourth-order valence-electron chi connectivity index (χ4n) is 2.45. The van der Waals surface area contributed by atoms with Crippen LogP contribution in [0.15, 0.2) is 12.3 Å². The van der Waals surface area contributed by atoms with Crippen LogP contribution in [-0.2, 0) is 0 Å². The van der Waals surface area contributed by atoms with Gasteiger partial charge in [0.2, 0.25) is 0 Å². The van der Waals surface area contributed by atoms with Gasteiger partial charge < -0.3 is 15.5 Å². The minimum atomic E-state index is 0.742. The summed E-state index contributed by atoms with van der Waals surface area (Å²) in [5.41, 5.74) is 7.66. The average molecular weight is 263 g/mol. The van der Waals surface area contributed by atoms with E-state index in [0.717, 1.165) is 50.8 Å². The van der Waals surface area contributed by atoms with E-state index in [1.807, 2.05) is 6.07 Å². The molecule has 0 bridgehead atoms. The van der Waals surface area contributed by atoms with Gasteiger partial charge in [-0.25, -0.2) is 4.98 Å². The van der Waals surface area contributed by atoms with E-state index in [9.17, 15) is 0 Å². The van der Waals surface area contributed by atoms with Crippen molar-refractivity contribution in [3.8, 4) is 0 Å². The van der Waals surface area contributed by atoms with Crippen LogP contribution >= 0.6 is 0 Å². The number of hydrogen-bond donors (Lipinski definition) is 1. The molecule has 1 aromatic rings. The van der Waals surface area contributed by atoms with Crippen LogP contribution in [0, 0.1) is 6.92 Å². The van der Waals surface area contributed by atoms with E-state index >= 15 is 0 Å². The van der Waals surface area contributed by atoms with Crippen molar-refractivity contribution >= 4 is 11.5 Å². The summed E-state index contributed by atoms with van der Waals surface area (Å²) in [4.78, 5) is 11.6. The summed E-state index contributed by atoms with van der Waals surface area (Å²) in [6.45, 7) is 8.67. The fraction of sp³-hybridized carbons (Fsp3) is 0.643. The highest BCUT2D eigenvalue weighted by Crippen LogP contribution is 2.20. The van der Waals surface area contributed by atoms with Crippen LogP contribution in [0.2, 0.25) is 0 Å². The van der Waals surface area contributed by atoms with Gasteiger partial charge in [-0.2, -0.15) is 0 Å². The van der Waals surface area contributed by atoms with Crippen molar-refractivity contribution in [2.75, 3.05) is 64.0 Å². The summed E-state index contributed by atoms with van der Waals surface area (Å²) in [6, 6.07) is 2.00. The Morgan fingerprint density at radius 3 is 2.53 bits per heavy atom. The number of nitrogens with two attached hydrogens (primary N) is 1. The Kier molecular flexibility index (Phi) is 4.61. The van der Waals surface area contributed by atoms with Crippen molar-refractivity contribution in [1.29, 1.82) is 0 Å². The SMILES string of the molecule is Cc1cc(N)cnc1N1CCN(CCN(C)C)CC1. The summed E-state index contributed by atoms with van der Waals surface area (Å²) in [5.74, 6) is 1.08. The minimum absolute atomic E-state index is 0.742. The standard InChI is InChI=1S/C14H25N5/c1-12-10-13(15)11-16-14(12)19-8-6-18(7-9-19)5-4-17(2)3/h10-11H,4-9,15H2,1-3H3. The first-order chi connectivity index (χ1) is 9.06. The molecule has 1 saturated heterocycles. The second kappa shape index (κ2) is 6.21. The van der Waals surface area contributed by atoms with E-state index in [1.165, 1.54) is 5.56 Å². The smallest absolute Gasteiger partial charge is 0.131 e. The normalized spacial score (nSPS) is 17.2. The zero-order valence-corrected chi connectivity index (χ0v) is 12.3. The second-order valence-corrected chi connectivity index (χ2v) is 5.54. The summed E-state index contributed by atoms with van der Waals surface area (Å²) in [5, 5.41) is 0. The van der Waals surface area contributed by atoms with Gasteiger partial charge in [-0.3, -0.25) is 4.90 Å². The molecule has 1 fully saturated rings. The highest BCUT2D eigenvalue weighted by atomic mass is 15.3. The molecule has 0 saturated carbocycles. The number of piperazine rings is 1. The number of rotatable bonds is 4. The number of anilines is 2. The number of nitrogens with zero attached hydrogens (tertiary/aromatic N) is 4. The molecule has 0 aromatic carbocycles. The van der Waals surface area contributed by atoms with Gasteiger partial charge in [0, 0.05) is 39.3 Å². The average Bonchev–Trinajstić information content (AvgIpc) is 2.37. The van der Waals surface area contributed by atoms with Gasteiger partial charge in [-0.05, 0) is 32.6 Å². The lowest BCUT2D eigenvalue weighted by Gasteiger charge is -2.36. The summed E-state index contributed by atoms with van der Waals surface area (Å²) < 4.78 is 0. The van der Waals surface area contributed by atoms with Crippen LogP contribution in [0.1, 0.15) is 5.56 Å². The van der Waals surface area contributed by atoms with Crippen LogP contribution in [0.4, 0.5) is 11.5 Å². The lowest BCUT2D eigenvalue weighted by molar-refractivity contribution is 0.229. The number of nitrogen functional groups attached to an aromatic ring is 1. The molecule has 5 nitrogen and oxygen atoms in total. The molecule has 0 atom stereocenters. The van der Waals surface area contributed by atoms with Gasteiger partial charge in [-0.1, -0.05) is 0 Å². The third-order valence-electron chi connectivity index (χ3n) is 3.61. The number of likely N-dealkylation sites (N-methyl/N-ethyl adjacent to an activating group) is 1. The molecule has 0 spiro atoms. The van der Waals surface area contributed by atoms with E-state index in [0.29, 0.717) is 0 Å². The van der Waals surface area contributed by atoms with E-state index in [4.69, 9.17) is 5.73 Å². The maximum Gasteiger partial charge on any atom is 0.131 e. The maximum atomic E-state index is 5.75. The number of pyridine rings is 1. The highest BCUT2D eigenvalue weighted by Gasteiger charge is 2.19. The van der Waals surface area contributed by atoms with Gasteiger partial charge in [0.05, 0.1) is 11.9 Å². The minimum Gasteiger partial charge on any atom is -0.397 e. The maximum absolute atomic E-state index is 5.75. The number of aromatic nitrogens is 1. The van der Waals surface area contributed by atoms with E-state index in [2.05, 4.69) is 40.7 Å². The third kappa shape index (κ3) is 3.81. The van der Waals surface area contributed by atoms with Gasteiger partial charge in [0.1, 0.15) is 5.82 Å². The molecule has 5 heteroatoms. The van der Waals surface area contributed by atoms with Crippen molar-refractivity contribution in [3.63, 3.8) is 0 Å². The van der Waals surface area contributed by atoms with Crippen molar-refractivity contribution in [2.24, 2.45) is 0 Å². The lowest BCUT2D eigenvalue weighted by atomic mass is 10.2. The monoisotopic (exact) mass is 263 g/mol. The zero-order valence-electron chi connectivity index (χ0n) is 12.3. The molecule has 1 aliphatic rings. The van der Waals surface area contributed by atoms with Crippen LogP contribution in [0.25, 0.3) is 0 Å². The Morgan fingerprint density at radius 1 is 1.26 bits per heavy atom. The predicted molar refractivity (Wildman–Crippen MR) is 80.6 cm³/mol. The zero-order chi connectivity index (χ0) is 13.8. The predicted octanol–water partition coefficient (Wildman–Crippen LogP) is 0.656. The van der Waals surface area contributed by atoms with Gasteiger partial charge in [0.15, 0.2) is 0 Å². The molecule has 2 heterocycles. The molecule has 2 N–H and O–H groups in total. The quantitative estimate of drug-likeness (QED) is 0.864. The first-order valence-corrected chi connectivity index (χ1v) is 6.90. The Bertz CT molecular complexity index is 410. The molecular weight excluding hydrogens is 238 g/mol. The number of aryl methyl sites for hydroxylation is 1. The van der Waals surface area contributed by atoms with E-state index < -0.39 is 0 Å². The van der Waals surface area contributed by atoms with Crippen LogP contribution < -0.4 is 10.6 Å². The first-order valence-electron chi connectivity index (χ1n) is 6.90. The van der Waals surface area contributed by atoms with Crippen molar-refractivity contribution < 1.29 is 0 Å². The molecule has 1 aliphatic heterocycles. The van der Waals surface area contributed by atoms with Crippen LogP contribution in [0.3, 0.4) is 0 Å². The van der Waals surface area contributed by atoms with Crippen molar-refractivity contribution in [2.45, 2.75) is 6.92 Å². The molecule has 0 unspecified atom stereocenters. The second-order valence-electron chi connectivity index (χ2n) is 5.54. The van der Waals surface area contributed by atoms with Crippen molar-refractivity contribution in [3.05, 3.63) is 17.8 Å². The highest BCUT2D eigenvalue weighted by molar-refractivity contribution is 5.52. The molecule has 1 aromatic heterocycles. The third-order valence-corrected chi connectivity index (χ3v) is 3.61. The van der Waals surface area contributed by atoms with Crippen molar-refractivity contribution in [1.82, 2.24) is 14.8 Å². The Morgan fingerprint density at radius 2 is 1.95 bits per heavy atom. The van der Waals surface area contributed by atoms with Gasteiger partial charge in [-0.15, -0.1) is 0 Å². The molecule has 2 rings (SSSR count). The molecular formula is C14H25N5. The molecule has 106 valence electrons. The topological polar surface area (TPSA) is 48.6 Å². The molecule has 0 aliphatic carbocycles. The van der Waals surface area contributed by atoms with Crippen LogP contribution in [-0.4, -0.2) is 68.1 Å². The van der Waals surface area contributed by atoms with E-state index in [1.54, 1.807) is 6.20 Å². The molecule has 19 heavy (non-hydrogen) atoms. The van der Waals surface area contributed by atoms with Gasteiger partial charge >= 0.3 is 0 Å². The van der Waals surface area contributed by atoms with Crippen LogP contribution in [0.5, 0.6) is 0 Å². The summed E-state index contributed by atoms with van der Waals surface area (Å²) >= 11 is 0. The Balaban J connectivity index is 1.89.